The molecule has 44 valence electrons. The van der Waals surface area contributed by atoms with Gasteiger partial charge < -0.3 is 0 Å². The maximum absolute atomic E-state index is 5.44. The van der Waals surface area contributed by atoms with Crippen molar-refractivity contribution >= 4 is 35.8 Å². The molecule has 0 rings (SSSR count). The number of hydrogen-bond acceptors (Lipinski definition) is 1. The molecule has 0 spiro atoms. The molecule has 1 atom stereocenters. The SMILES string of the molecule is CC(CS)C(Cl)Cl. The third-order valence-corrected chi connectivity index (χ3v) is 2.15. The highest BCUT2D eigenvalue weighted by atomic mass is 35.5. The number of thiol groups is 1. The molecule has 0 saturated heterocycles. The summed E-state index contributed by atoms with van der Waals surface area (Å²) in [5.74, 6) is 1.05. The van der Waals surface area contributed by atoms with Crippen molar-refractivity contribution in [3.63, 3.8) is 0 Å². The average Bonchev–Trinajstić information content (AvgIpc) is 1.65. The highest BCUT2D eigenvalue weighted by Crippen LogP contribution is 2.14. The largest absolute Gasteiger partial charge is 0.179 e. The van der Waals surface area contributed by atoms with Crippen molar-refractivity contribution in [2.75, 3.05) is 5.75 Å². The Labute approximate surface area is 59.6 Å². The fraction of sp³-hybridized carbons (Fsp3) is 1.00. The van der Waals surface area contributed by atoms with E-state index in [-0.39, 0.29) is 4.84 Å². The van der Waals surface area contributed by atoms with Crippen molar-refractivity contribution in [1.29, 1.82) is 0 Å². The molecule has 7 heavy (non-hydrogen) atoms. The van der Waals surface area contributed by atoms with Crippen LogP contribution in [0.15, 0.2) is 0 Å². The summed E-state index contributed by atoms with van der Waals surface area (Å²) >= 11 is 14.9. The van der Waals surface area contributed by atoms with E-state index in [9.17, 15) is 0 Å². The molecule has 0 fully saturated rings. The summed E-state index contributed by atoms with van der Waals surface area (Å²) in [7, 11) is 0. The first-order valence-electron chi connectivity index (χ1n) is 2.07. The van der Waals surface area contributed by atoms with Gasteiger partial charge in [-0.05, 0) is 11.7 Å². The van der Waals surface area contributed by atoms with Crippen molar-refractivity contribution in [2.24, 2.45) is 5.92 Å². The first kappa shape index (κ1) is 7.93. The topological polar surface area (TPSA) is 0 Å². The predicted molar refractivity (Wildman–Crippen MR) is 38.5 cm³/mol. The highest BCUT2D eigenvalue weighted by molar-refractivity contribution is 7.80. The summed E-state index contributed by atoms with van der Waals surface area (Å²) in [6.45, 7) is 1.96. The molecule has 1 unspecified atom stereocenters. The van der Waals surface area contributed by atoms with Crippen LogP contribution in [0.25, 0.3) is 0 Å². The summed E-state index contributed by atoms with van der Waals surface area (Å²) in [5.41, 5.74) is 0. The van der Waals surface area contributed by atoms with Gasteiger partial charge in [-0.2, -0.15) is 12.6 Å². The monoisotopic (exact) mass is 158 g/mol. The lowest BCUT2D eigenvalue weighted by atomic mass is 10.3. The first-order valence-corrected chi connectivity index (χ1v) is 3.58. The Kier molecular flexibility index (Phi) is 4.39. The fourth-order valence-corrected chi connectivity index (χ4v) is 0.717. The van der Waals surface area contributed by atoms with Gasteiger partial charge in [-0.25, -0.2) is 0 Å². The van der Waals surface area contributed by atoms with Crippen LogP contribution in [0.2, 0.25) is 0 Å². The molecule has 0 aromatic rings. The van der Waals surface area contributed by atoms with Crippen LogP contribution in [-0.2, 0) is 0 Å². The molecule has 0 N–H and O–H groups in total. The van der Waals surface area contributed by atoms with E-state index in [0.717, 1.165) is 5.75 Å². The molecule has 0 aliphatic rings. The van der Waals surface area contributed by atoms with Gasteiger partial charge in [0.05, 0.1) is 0 Å². The summed E-state index contributed by atoms with van der Waals surface area (Å²) < 4.78 is 0. The van der Waals surface area contributed by atoms with Crippen molar-refractivity contribution in [2.45, 2.75) is 11.8 Å². The smallest absolute Gasteiger partial charge is 0.111 e. The van der Waals surface area contributed by atoms with Crippen LogP contribution in [0.3, 0.4) is 0 Å². The van der Waals surface area contributed by atoms with Crippen LogP contribution in [0, 0.1) is 5.92 Å². The maximum Gasteiger partial charge on any atom is 0.111 e. The molecule has 0 aliphatic carbocycles. The van der Waals surface area contributed by atoms with Crippen LogP contribution >= 0.6 is 35.8 Å². The van der Waals surface area contributed by atoms with Crippen LogP contribution in [0.1, 0.15) is 6.92 Å². The third kappa shape index (κ3) is 3.51. The molecule has 3 heteroatoms. The van der Waals surface area contributed by atoms with E-state index in [1.165, 1.54) is 0 Å². The number of hydrogen-bond donors (Lipinski definition) is 1. The molecule has 0 nitrogen and oxygen atoms in total. The Bertz CT molecular complexity index is 47.0. The Morgan fingerprint density at radius 3 is 2.00 bits per heavy atom. The molecule has 0 aliphatic heterocycles. The van der Waals surface area contributed by atoms with Gasteiger partial charge in [0.2, 0.25) is 0 Å². The van der Waals surface area contributed by atoms with E-state index >= 15 is 0 Å². The highest BCUT2D eigenvalue weighted by Gasteiger charge is 2.06. The zero-order valence-electron chi connectivity index (χ0n) is 4.06. The van der Waals surface area contributed by atoms with Crippen LogP contribution in [0.4, 0.5) is 0 Å². The standard InChI is InChI=1S/C4H8Cl2S/c1-3(2-7)4(5)6/h3-4,7H,2H2,1H3. The first-order chi connectivity index (χ1) is 3.18. The minimum absolute atomic E-state index is 0.266. The summed E-state index contributed by atoms with van der Waals surface area (Å²) in [5, 5.41) is 0. The van der Waals surface area contributed by atoms with E-state index < -0.39 is 0 Å². The van der Waals surface area contributed by atoms with E-state index in [0.29, 0.717) is 5.92 Å². The molecule has 0 saturated carbocycles. The van der Waals surface area contributed by atoms with Crippen molar-refractivity contribution in [3.8, 4) is 0 Å². The van der Waals surface area contributed by atoms with Gasteiger partial charge in [-0.3, -0.25) is 0 Å². The Hall–Kier alpha value is 0.930. The predicted octanol–water partition coefficient (Wildman–Crippen LogP) is 2.36. The van der Waals surface area contributed by atoms with Gasteiger partial charge in [0.15, 0.2) is 0 Å². The van der Waals surface area contributed by atoms with Crippen LogP contribution < -0.4 is 0 Å². The lowest BCUT2D eigenvalue weighted by Crippen LogP contribution is -2.04. The Morgan fingerprint density at radius 1 is 1.57 bits per heavy atom. The van der Waals surface area contributed by atoms with E-state index in [2.05, 4.69) is 12.6 Å². The third-order valence-electron chi connectivity index (χ3n) is 0.718. The quantitative estimate of drug-likeness (QED) is 0.464. The zero-order valence-corrected chi connectivity index (χ0v) is 6.47. The van der Waals surface area contributed by atoms with Crippen molar-refractivity contribution < 1.29 is 0 Å². The molecule has 0 amide bonds. The molecule has 0 aromatic heterocycles. The zero-order chi connectivity index (χ0) is 5.86. The van der Waals surface area contributed by atoms with Gasteiger partial charge >= 0.3 is 0 Å². The van der Waals surface area contributed by atoms with Crippen LogP contribution in [-0.4, -0.2) is 10.6 Å². The van der Waals surface area contributed by atoms with Gasteiger partial charge in [-0.15, -0.1) is 23.2 Å². The van der Waals surface area contributed by atoms with Gasteiger partial charge in [-0.1, -0.05) is 6.92 Å². The number of rotatable bonds is 2. The minimum Gasteiger partial charge on any atom is -0.179 e. The van der Waals surface area contributed by atoms with E-state index in [1.54, 1.807) is 0 Å². The fourth-order valence-electron chi connectivity index (χ4n) is 0.0797. The van der Waals surface area contributed by atoms with Crippen LogP contribution in [0.5, 0.6) is 0 Å². The molecular weight excluding hydrogens is 151 g/mol. The summed E-state index contributed by atoms with van der Waals surface area (Å²) in [6.07, 6.45) is 0. The second-order valence-electron chi connectivity index (χ2n) is 1.49. The lowest BCUT2D eigenvalue weighted by Gasteiger charge is -2.05. The summed E-state index contributed by atoms with van der Waals surface area (Å²) in [6, 6.07) is 0. The van der Waals surface area contributed by atoms with Gasteiger partial charge in [0.25, 0.3) is 0 Å². The van der Waals surface area contributed by atoms with E-state index in [4.69, 9.17) is 23.2 Å². The molecule has 0 aromatic carbocycles. The second kappa shape index (κ2) is 3.88. The van der Waals surface area contributed by atoms with Gasteiger partial charge in [0, 0.05) is 0 Å². The van der Waals surface area contributed by atoms with E-state index in [1.807, 2.05) is 6.92 Å². The maximum atomic E-state index is 5.44. The normalized spacial score (nSPS) is 15.0. The Balaban J connectivity index is 3.14. The molecular formula is C4H8Cl2S. The second-order valence-corrected chi connectivity index (χ2v) is 3.02. The van der Waals surface area contributed by atoms with Gasteiger partial charge in [0.1, 0.15) is 4.84 Å². The average molecular weight is 159 g/mol. The minimum atomic E-state index is -0.266. The molecule has 0 radical (unpaired) electrons. The summed E-state index contributed by atoms with van der Waals surface area (Å²) in [4.78, 5) is -0.266. The lowest BCUT2D eigenvalue weighted by molar-refractivity contribution is 0.724. The van der Waals surface area contributed by atoms with Crippen molar-refractivity contribution in [3.05, 3.63) is 0 Å². The molecule has 0 bridgehead atoms. The number of halogens is 2. The van der Waals surface area contributed by atoms with Crippen molar-refractivity contribution in [1.82, 2.24) is 0 Å². The number of alkyl halides is 2. The molecule has 0 heterocycles. The Morgan fingerprint density at radius 2 is 2.00 bits per heavy atom.